The van der Waals surface area contributed by atoms with Crippen LogP contribution < -0.4 is 5.32 Å². The highest BCUT2D eigenvalue weighted by Gasteiger charge is 2.24. The number of nitrogens with zero attached hydrogens (tertiary/aromatic N) is 1. The van der Waals surface area contributed by atoms with Crippen molar-refractivity contribution in [1.82, 2.24) is 4.90 Å². The highest BCUT2D eigenvalue weighted by Crippen LogP contribution is 2.17. The lowest BCUT2D eigenvalue weighted by atomic mass is 10.3. The summed E-state index contributed by atoms with van der Waals surface area (Å²) >= 11 is 2.23. The second-order valence-corrected chi connectivity index (χ2v) is 4.99. The van der Waals surface area contributed by atoms with Crippen molar-refractivity contribution < 1.29 is 9.59 Å². The molecule has 0 fully saturated rings. The minimum Gasteiger partial charge on any atom is -0.357 e. The summed E-state index contributed by atoms with van der Waals surface area (Å²) in [5, 5.41) is 3.13. The minimum absolute atomic E-state index is 0.231. The Morgan fingerprint density at radius 1 is 1.35 bits per heavy atom. The maximum atomic E-state index is 11.5. The number of carbonyl (C=O) groups excluding carboxylic acids is 2. The topological polar surface area (TPSA) is 49.4 Å². The Hall–Kier alpha value is -1.37. The van der Waals surface area contributed by atoms with E-state index in [4.69, 9.17) is 0 Å². The zero-order valence-corrected chi connectivity index (χ0v) is 11.4. The van der Waals surface area contributed by atoms with Gasteiger partial charge in [-0.25, -0.2) is 0 Å². The molecule has 1 aromatic rings. The van der Waals surface area contributed by atoms with Crippen LogP contribution in [0.2, 0.25) is 0 Å². The third-order valence-corrected chi connectivity index (χ3v) is 3.14. The summed E-state index contributed by atoms with van der Waals surface area (Å²) in [4.78, 5) is 23.8. The molecule has 1 heterocycles. The van der Waals surface area contributed by atoms with Gasteiger partial charge in [0.15, 0.2) is 0 Å². The smallest absolute Gasteiger partial charge is 0.255 e. The van der Waals surface area contributed by atoms with Crippen molar-refractivity contribution in [2.75, 3.05) is 11.9 Å². The van der Waals surface area contributed by atoms with Gasteiger partial charge in [0.25, 0.3) is 5.91 Å². The number of halogens is 1. The molecule has 88 valence electrons. The van der Waals surface area contributed by atoms with E-state index in [0.717, 1.165) is 15.0 Å². The predicted octanol–water partition coefficient (Wildman–Crippen LogP) is 1.98. The van der Waals surface area contributed by atoms with Crippen LogP contribution in [0.1, 0.15) is 6.92 Å². The highest BCUT2D eigenvalue weighted by molar-refractivity contribution is 14.1. The number of nitrogens with one attached hydrogen (secondary N) is 1. The molecule has 1 N–H and O–H groups in total. The molecular weight excluding hydrogens is 331 g/mol. The van der Waals surface area contributed by atoms with Crippen molar-refractivity contribution in [3.63, 3.8) is 0 Å². The van der Waals surface area contributed by atoms with Crippen molar-refractivity contribution in [1.29, 1.82) is 0 Å². The first-order valence-corrected chi connectivity index (χ1v) is 6.19. The minimum atomic E-state index is -0.259. The first kappa shape index (κ1) is 12.1. The number of amides is 2. The number of rotatable bonds is 2. The largest absolute Gasteiger partial charge is 0.357 e. The van der Waals surface area contributed by atoms with Crippen LogP contribution in [0.15, 0.2) is 36.0 Å². The number of anilines is 1. The average molecular weight is 342 g/mol. The first-order valence-electron chi connectivity index (χ1n) is 5.11. The molecular formula is C12H11IN2O2. The molecule has 0 bridgehead atoms. The average Bonchev–Trinajstić information content (AvgIpc) is 2.63. The van der Waals surface area contributed by atoms with E-state index in [9.17, 15) is 9.59 Å². The first-order chi connectivity index (χ1) is 8.06. The Morgan fingerprint density at radius 2 is 2.00 bits per heavy atom. The fourth-order valence-corrected chi connectivity index (χ4v) is 1.94. The highest BCUT2D eigenvalue weighted by atomic mass is 127. The summed E-state index contributed by atoms with van der Waals surface area (Å²) in [7, 11) is 0. The van der Waals surface area contributed by atoms with Crippen molar-refractivity contribution >= 4 is 40.1 Å². The normalized spacial score (nSPS) is 14.8. The molecule has 4 nitrogen and oxygen atoms in total. The summed E-state index contributed by atoms with van der Waals surface area (Å²) in [5.74, 6) is -0.490. The molecule has 0 spiro atoms. The van der Waals surface area contributed by atoms with Gasteiger partial charge in [-0.2, -0.15) is 0 Å². The molecule has 2 amide bonds. The van der Waals surface area contributed by atoms with Crippen molar-refractivity contribution in [2.45, 2.75) is 6.92 Å². The Labute approximate surface area is 113 Å². The van der Waals surface area contributed by atoms with Gasteiger partial charge in [-0.3, -0.25) is 14.5 Å². The molecule has 0 aliphatic carbocycles. The van der Waals surface area contributed by atoms with Gasteiger partial charge >= 0.3 is 0 Å². The predicted molar refractivity (Wildman–Crippen MR) is 73.3 cm³/mol. The van der Waals surface area contributed by atoms with Crippen molar-refractivity contribution in [3.05, 3.63) is 39.6 Å². The second-order valence-electron chi connectivity index (χ2n) is 3.74. The van der Waals surface area contributed by atoms with E-state index in [2.05, 4.69) is 27.9 Å². The summed E-state index contributed by atoms with van der Waals surface area (Å²) in [6.45, 7) is 1.71. The third-order valence-electron chi connectivity index (χ3n) is 2.42. The van der Waals surface area contributed by atoms with Crippen molar-refractivity contribution in [2.24, 2.45) is 0 Å². The summed E-state index contributed by atoms with van der Waals surface area (Å²) in [6.07, 6.45) is 1.46. The quantitative estimate of drug-likeness (QED) is 0.837. The van der Waals surface area contributed by atoms with Crippen LogP contribution in [-0.4, -0.2) is 23.3 Å². The second kappa shape index (κ2) is 4.87. The van der Waals surface area contributed by atoms with E-state index in [1.54, 1.807) is 0 Å². The number of carbonyl (C=O) groups is 2. The Balaban J connectivity index is 2.06. The van der Waals surface area contributed by atoms with Gasteiger partial charge in [-0.15, -0.1) is 0 Å². The fraction of sp³-hybridized carbons (Fsp3) is 0.167. The third kappa shape index (κ3) is 2.85. The molecule has 0 aromatic heterocycles. The Kier molecular flexibility index (Phi) is 3.46. The van der Waals surface area contributed by atoms with Crippen LogP contribution in [0.5, 0.6) is 0 Å². The lowest BCUT2D eigenvalue weighted by Crippen LogP contribution is -2.31. The number of benzene rings is 1. The van der Waals surface area contributed by atoms with E-state index >= 15 is 0 Å². The number of imide groups is 1. The molecule has 5 heteroatoms. The SMILES string of the molecule is CC(=O)N1CC(Nc2ccc(I)cc2)=CC1=O. The van der Waals surface area contributed by atoms with E-state index in [1.807, 2.05) is 24.3 Å². The van der Waals surface area contributed by atoms with E-state index in [1.165, 1.54) is 17.9 Å². The molecule has 0 saturated carbocycles. The van der Waals surface area contributed by atoms with Crippen molar-refractivity contribution in [3.8, 4) is 0 Å². The van der Waals surface area contributed by atoms with Crippen LogP contribution in [0, 0.1) is 3.57 Å². The van der Waals surface area contributed by atoms with Gasteiger partial charge in [-0.05, 0) is 46.9 Å². The van der Waals surface area contributed by atoms with Gasteiger partial charge in [0.1, 0.15) is 0 Å². The maximum Gasteiger partial charge on any atom is 0.255 e. The molecule has 0 saturated heterocycles. The maximum absolute atomic E-state index is 11.5. The number of hydrogen-bond acceptors (Lipinski definition) is 3. The molecule has 1 aromatic carbocycles. The summed E-state index contributed by atoms with van der Waals surface area (Å²) in [6, 6.07) is 7.82. The van der Waals surface area contributed by atoms with Gasteiger partial charge in [0.2, 0.25) is 5.91 Å². The van der Waals surface area contributed by atoms with Gasteiger partial charge in [-0.1, -0.05) is 0 Å². The standard InChI is InChI=1S/C12H11IN2O2/c1-8(16)15-7-11(6-12(15)17)14-10-4-2-9(13)3-5-10/h2-6,14H,7H2,1H3. The van der Waals surface area contributed by atoms with Gasteiger partial charge in [0, 0.05) is 28.0 Å². The molecule has 1 aliphatic rings. The number of hydrogen-bond donors (Lipinski definition) is 1. The molecule has 17 heavy (non-hydrogen) atoms. The Morgan fingerprint density at radius 3 is 2.53 bits per heavy atom. The van der Waals surface area contributed by atoms with Crippen LogP contribution >= 0.6 is 22.6 Å². The van der Waals surface area contributed by atoms with Gasteiger partial charge < -0.3 is 5.32 Å². The van der Waals surface area contributed by atoms with Crippen LogP contribution in [-0.2, 0) is 9.59 Å². The summed E-state index contributed by atoms with van der Waals surface area (Å²) in [5.41, 5.74) is 1.65. The molecule has 0 unspecified atom stereocenters. The fourth-order valence-electron chi connectivity index (χ4n) is 1.58. The summed E-state index contributed by atoms with van der Waals surface area (Å²) < 4.78 is 1.15. The zero-order valence-electron chi connectivity index (χ0n) is 9.24. The molecule has 0 radical (unpaired) electrons. The molecule has 2 rings (SSSR count). The lowest BCUT2D eigenvalue weighted by Gasteiger charge is -2.12. The Bertz CT molecular complexity index is 494. The van der Waals surface area contributed by atoms with Crippen LogP contribution in [0.3, 0.4) is 0 Å². The molecule has 1 aliphatic heterocycles. The van der Waals surface area contributed by atoms with Crippen LogP contribution in [0.4, 0.5) is 5.69 Å². The van der Waals surface area contributed by atoms with E-state index in [0.29, 0.717) is 6.54 Å². The molecule has 0 atom stereocenters. The lowest BCUT2D eigenvalue weighted by molar-refractivity contribution is -0.138. The van der Waals surface area contributed by atoms with E-state index in [-0.39, 0.29) is 11.8 Å². The monoisotopic (exact) mass is 342 g/mol. The van der Waals surface area contributed by atoms with Crippen LogP contribution in [0.25, 0.3) is 0 Å². The zero-order chi connectivity index (χ0) is 12.4. The van der Waals surface area contributed by atoms with E-state index < -0.39 is 0 Å². The van der Waals surface area contributed by atoms with Gasteiger partial charge in [0.05, 0.1) is 6.54 Å².